The van der Waals surface area contributed by atoms with E-state index in [0.717, 1.165) is 18.5 Å². The second kappa shape index (κ2) is 7.03. The van der Waals surface area contributed by atoms with Crippen LogP contribution in [0.3, 0.4) is 0 Å². The lowest BCUT2D eigenvalue weighted by atomic mass is 10.1. The highest BCUT2D eigenvalue weighted by atomic mass is 32.2. The predicted octanol–water partition coefficient (Wildman–Crippen LogP) is 2.16. The van der Waals surface area contributed by atoms with Crippen LogP contribution in [0.25, 0.3) is 10.9 Å². The fourth-order valence-electron chi connectivity index (χ4n) is 2.76. The molecule has 0 fully saturated rings. The standard InChI is InChI=1S/C17H27N3O2S/c1-13(2)20-12-15(7-9-19(3)4)16-11-14(5-6-17(16)20)8-10-23(18,21)22/h5-6,11-13H,7-10H2,1-4H3,(H2,18,21,22). The van der Waals surface area contributed by atoms with E-state index in [0.29, 0.717) is 12.5 Å². The second-order valence-corrected chi connectivity index (χ2v) is 8.41. The average Bonchev–Trinajstić information content (AvgIpc) is 2.80. The Labute approximate surface area is 139 Å². The van der Waals surface area contributed by atoms with E-state index >= 15 is 0 Å². The fourth-order valence-corrected chi connectivity index (χ4v) is 3.28. The van der Waals surface area contributed by atoms with Gasteiger partial charge in [-0.05, 0) is 64.0 Å². The molecule has 1 aromatic carbocycles. The second-order valence-electron chi connectivity index (χ2n) is 6.68. The van der Waals surface area contributed by atoms with Crippen molar-refractivity contribution in [1.29, 1.82) is 0 Å². The Hall–Kier alpha value is -1.37. The molecule has 0 radical (unpaired) electrons. The lowest BCUT2D eigenvalue weighted by Crippen LogP contribution is -2.17. The summed E-state index contributed by atoms with van der Waals surface area (Å²) in [6.45, 7) is 5.33. The van der Waals surface area contributed by atoms with Gasteiger partial charge in [0, 0.05) is 29.7 Å². The van der Waals surface area contributed by atoms with Crippen molar-refractivity contribution in [3.05, 3.63) is 35.5 Å². The Morgan fingerprint density at radius 1 is 1.22 bits per heavy atom. The van der Waals surface area contributed by atoms with Gasteiger partial charge in [-0.2, -0.15) is 0 Å². The number of hydrogen-bond donors (Lipinski definition) is 1. The number of benzene rings is 1. The molecule has 0 amide bonds. The van der Waals surface area contributed by atoms with Crippen molar-refractivity contribution < 1.29 is 8.42 Å². The van der Waals surface area contributed by atoms with Crippen molar-refractivity contribution in [3.8, 4) is 0 Å². The zero-order chi connectivity index (χ0) is 17.2. The van der Waals surface area contributed by atoms with Gasteiger partial charge in [0.15, 0.2) is 0 Å². The molecule has 2 N–H and O–H groups in total. The number of nitrogens with zero attached hydrogens (tertiary/aromatic N) is 2. The molecule has 0 atom stereocenters. The summed E-state index contributed by atoms with van der Waals surface area (Å²) in [5, 5.41) is 6.33. The van der Waals surface area contributed by atoms with Crippen molar-refractivity contribution in [3.63, 3.8) is 0 Å². The molecule has 0 bridgehead atoms. The quantitative estimate of drug-likeness (QED) is 0.842. The molecule has 0 unspecified atom stereocenters. The molecule has 0 aliphatic rings. The first-order chi connectivity index (χ1) is 10.7. The smallest absolute Gasteiger partial charge is 0.209 e. The Balaban J connectivity index is 2.39. The van der Waals surface area contributed by atoms with Crippen LogP contribution in [0.2, 0.25) is 0 Å². The molecule has 5 nitrogen and oxygen atoms in total. The van der Waals surface area contributed by atoms with Gasteiger partial charge in [-0.3, -0.25) is 0 Å². The maximum atomic E-state index is 11.2. The van der Waals surface area contributed by atoms with E-state index in [1.165, 1.54) is 16.5 Å². The summed E-state index contributed by atoms with van der Waals surface area (Å²) in [6, 6.07) is 6.60. The predicted molar refractivity (Wildman–Crippen MR) is 96.3 cm³/mol. The number of primary sulfonamides is 1. The highest BCUT2D eigenvalue weighted by Crippen LogP contribution is 2.26. The topological polar surface area (TPSA) is 68.3 Å². The van der Waals surface area contributed by atoms with Crippen LogP contribution in [0.5, 0.6) is 0 Å². The summed E-state index contributed by atoms with van der Waals surface area (Å²) < 4.78 is 24.6. The Morgan fingerprint density at radius 3 is 2.48 bits per heavy atom. The van der Waals surface area contributed by atoms with Crippen molar-refractivity contribution in [1.82, 2.24) is 9.47 Å². The van der Waals surface area contributed by atoms with E-state index in [2.05, 4.69) is 55.7 Å². The SMILES string of the molecule is CC(C)n1cc(CCN(C)C)c2cc(CCS(N)(=O)=O)ccc21. The first-order valence-electron chi connectivity index (χ1n) is 7.95. The number of likely N-dealkylation sites (N-methyl/N-ethyl adjacent to an activating group) is 1. The number of rotatable bonds is 7. The molecule has 0 aliphatic heterocycles. The van der Waals surface area contributed by atoms with E-state index in [1.807, 2.05) is 6.07 Å². The molecule has 1 heterocycles. The number of sulfonamides is 1. The van der Waals surface area contributed by atoms with E-state index in [9.17, 15) is 8.42 Å². The third-order valence-electron chi connectivity index (χ3n) is 4.04. The number of aromatic nitrogens is 1. The van der Waals surface area contributed by atoms with Gasteiger partial charge in [-0.1, -0.05) is 6.07 Å². The highest BCUT2D eigenvalue weighted by molar-refractivity contribution is 7.89. The zero-order valence-electron chi connectivity index (χ0n) is 14.4. The molecular weight excluding hydrogens is 310 g/mol. The molecule has 1 aromatic heterocycles. The molecule has 128 valence electrons. The summed E-state index contributed by atoms with van der Waals surface area (Å²) in [4.78, 5) is 2.17. The largest absolute Gasteiger partial charge is 0.345 e. The molecule has 2 aromatic rings. The first kappa shape index (κ1) is 18.0. The lowest BCUT2D eigenvalue weighted by molar-refractivity contribution is 0.414. The van der Waals surface area contributed by atoms with Crippen molar-refractivity contribution in [2.45, 2.75) is 32.7 Å². The summed E-state index contributed by atoms with van der Waals surface area (Å²) in [6.07, 6.45) is 3.65. The Bertz CT molecular complexity index is 776. The summed E-state index contributed by atoms with van der Waals surface area (Å²) >= 11 is 0. The van der Waals surface area contributed by atoms with E-state index < -0.39 is 10.0 Å². The van der Waals surface area contributed by atoms with Crippen LogP contribution < -0.4 is 5.14 Å². The molecule has 0 saturated heterocycles. The molecular formula is C17H27N3O2S. The van der Waals surface area contributed by atoms with E-state index in [4.69, 9.17) is 5.14 Å². The van der Waals surface area contributed by atoms with Gasteiger partial charge in [0.05, 0.1) is 5.75 Å². The van der Waals surface area contributed by atoms with Gasteiger partial charge >= 0.3 is 0 Å². The third kappa shape index (κ3) is 4.80. The minimum atomic E-state index is -3.43. The number of nitrogens with two attached hydrogens (primary N) is 1. The van der Waals surface area contributed by atoms with Crippen LogP contribution in [0, 0.1) is 0 Å². The molecule has 0 spiro atoms. The number of aryl methyl sites for hydroxylation is 1. The van der Waals surface area contributed by atoms with Crippen molar-refractivity contribution in [2.24, 2.45) is 5.14 Å². The molecule has 23 heavy (non-hydrogen) atoms. The highest BCUT2D eigenvalue weighted by Gasteiger charge is 2.12. The van der Waals surface area contributed by atoms with Gasteiger partial charge in [0.1, 0.15) is 0 Å². The van der Waals surface area contributed by atoms with Crippen LogP contribution in [0.1, 0.15) is 31.0 Å². The van der Waals surface area contributed by atoms with Gasteiger partial charge in [-0.15, -0.1) is 0 Å². The van der Waals surface area contributed by atoms with Crippen molar-refractivity contribution >= 4 is 20.9 Å². The monoisotopic (exact) mass is 337 g/mol. The van der Waals surface area contributed by atoms with Gasteiger partial charge in [-0.25, -0.2) is 13.6 Å². The first-order valence-corrected chi connectivity index (χ1v) is 9.66. The maximum absolute atomic E-state index is 11.2. The molecule has 0 aliphatic carbocycles. The van der Waals surface area contributed by atoms with Crippen LogP contribution in [0.4, 0.5) is 0 Å². The summed E-state index contributed by atoms with van der Waals surface area (Å²) in [7, 11) is 0.710. The van der Waals surface area contributed by atoms with Gasteiger partial charge in [0.2, 0.25) is 10.0 Å². The maximum Gasteiger partial charge on any atom is 0.209 e. The Morgan fingerprint density at radius 2 is 1.91 bits per heavy atom. The molecule has 2 rings (SSSR count). The van der Waals surface area contributed by atoms with Gasteiger partial charge < -0.3 is 9.47 Å². The fraction of sp³-hybridized carbons (Fsp3) is 0.529. The molecule has 0 saturated carbocycles. The average molecular weight is 337 g/mol. The van der Waals surface area contributed by atoms with E-state index in [-0.39, 0.29) is 5.75 Å². The lowest BCUT2D eigenvalue weighted by Gasteiger charge is -2.09. The van der Waals surface area contributed by atoms with Crippen LogP contribution in [-0.4, -0.2) is 44.3 Å². The molecule has 6 heteroatoms. The van der Waals surface area contributed by atoms with Crippen LogP contribution >= 0.6 is 0 Å². The zero-order valence-corrected chi connectivity index (χ0v) is 15.2. The summed E-state index contributed by atoms with van der Waals surface area (Å²) in [5.41, 5.74) is 3.52. The van der Waals surface area contributed by atoms with Crippen molar-refractivity contribution in [2.75, 3.05) is 26.4 Å². The van der Waals surface area contributed by atoms with Crippen LogP contribution in [0.15, 0.2) is 24.4 Å². The number of hydrogen-bond acceptors (Lipinski definition) is 3. The Kier molecular flexibility index (Phi) is 5.49. The minimum absolute atomic E-state index is 0.0174. The van der Waals surface area contributed by atoms with E-state index in [1.54, 1.807) is 0 Å². The van der Waals surface area contributed by atoms with Crippen LogP contribution in [-0.2, 0) is 22.9 Å². The minimum Gasteiger partial charge on any atom is -0.345 e. The third-order valence-corrected chi connectivity index (χ3v) is 4.81. The normalized spacial score (nSPS) is 12.7. The number of fused-ring (bicyclic) bond motifs is 1. The van der Waals surface area contributed by atoms with Gasteiger partial charge in [0.25, 0.3) is 0 Å². The summed E-state index contributed by atoms with van der Waals surface area (Å²) in [5.74, 6) is -0.0174.